The lowest BCUT2D eigenvalue weighted by Crippen LogP contribution is -2.54. The van der Waals surface area contributed by atoms with E-state index in [2.05, 4.69) is 27.8 Å². The molecule has 0 radical (unpaired) electrons. The number of halogens is 7. The summed E-state index contributed by atoms with van der Waals surface area (Å²) in [6.45, 7) is 7.32. The largest absolute Gasteiger partial charge is 0.493 e. The van der Waals surface area contributed by atoms with Gasteiger partial charge in [0.1, 0.15) is 11.3 Å². The Bertz CT molecular complexity index is 1130. The van der Waals surface area contributed by atoms with E-state index in [9.17, 15) is 31.4 Å². The van der Waals surface area contributed by atoms with Gasteiger partial charge in [0.2, 0.25) is 0 Å². The van der Waals surface area contributed by atoms with Gasteiger partial charge in [0.25, 0.3) is 5.60 Å². The van der Waals surface area contributed by atoms with Crippen LogP contribution in [0.25, 0.3) is 0 Å². The number of nitrogens with zero attached hydrogens (tertiary/aromatic N) is 2. The van der Waals surface area contributed by atoms with Crippen LogP contribution in [0.4, 0.5) is 26.3 Å². The van der Waals surface area contributed by atoms with E-state index in [-0.39, 0.29) is 36.1 Å². The zero-order chi connectivity index (χ0) is 29.8. The van der Waals surface area contributed by atoms with E-state index in [1.807, 2.05) is 30.6 Å². The maximum Gasteiger partial charge on any atom is 0.430 e. The molecule has 2 aromatic carbocycles. The normalized spacial score (nSPS) is 18.0. The molecule has 0 saturated heterocycles. The molecule has 1 atom stereocenters. The van der Waals surface area contributed by atoms with E-state index in [1.54, 1.807) is 13.8 Å². The Hall–Kier alpha value is -2.27. The summed E-state index contributed by atoms with van der Waals surface area (Å²) in [4.78, 5) is 6.82. The van der Waals surface area contributed by atoms with Crippen molar-refractivity contribution in [1.82, 2.24) is 4.90 Å². The van der Waals surface area contributed by atoms with Crippen molar-refractivity contribution in [2.24, 2.45) is 4.99 Å². The van der Waals surface area contributed by atoms with E-state index in [0.29, 0.717) is 25.0 Å². The van der Waals surface area contributed by atoms with Gasteiger partial charge in [-0.05, 0) is 73.6 Å². The smallest absolute Gasteiger partial charge is 0.430 e. The first-order chi connectivity index (χ1) is 18.7. The Morgan fingerprint density at radius 2 is 1.50 bits per heavy atom. The van der Waals surface area contributed by atoms with E-state index in [0.717, 1.165) is 41.7 Å². The lowest BCUT2D eigenvalue weighted by Gasteiger charge is -2.33. The summed E-state index contributed by atoms with van der Waals surface area (Å²) >= 11 is 3.44. The van der Waals surface area contributed by atoms with Crippen LogP contribution in [0.5, 0.6) is 5.75 Å². The molecule has 1 N–H and O–H groups in total. The Morgan fingerprint density at radius 1 is 0.950 bits per heavy atom. The van der Waals surface area contributed by atoms with Gasteiger partial charge >= 0.3 is 12.4 Å². The van der Waals surface area contributed by atoms with Crippen LogP contribution in [0.15, 0.2) is 45.9 Å². The Labute approximate surface area is 239 Å². The minimum absolute atomic E-state index is 0.213. The Morgan fingerprint density at radius 3 is 2.00 bits per heavy atom. The molecule has 0 saturated carbocycles. The van der Waals surface area contributed by atoms with E-state index < -0.39 is 23.5 Å². The fraction of sp³-hybridized carbons (Fsp3) is 0.552. The molecule has 0 aromatic heterocycles. The van der Waals surface area contributed by atoms with Crippen molar-refractivity contribution >= 4 is 22.3 Å². The minimum atomic E-state index is -5.94. The predicted molar refractivity (Wildman–Crippen MR) is 147 cm³/mol. The van der Waals surface area contributed by atoms with Gasteiger partial charge in [0.15, 0.2) is 0 Å². The lowest BCUT2D eigenvalue weighted by molar-refractivity contribution is -0.376. The highest BCUT2D eigenvalue weighted by Crippen LogP contribution is 2.51. The third kappa shape index (κ3) is 6.95. The highest BCUT2D eigenvalue weighted by atomic mass is 79.9. The molecule has 2 aromatic rings. The molecule has 1 aliphatic rings. The monoisotopic (exact) mass is 636 g/mol. The summed E-state index contributed by atoms with van der Waals surface area (Å²) in [5.41, 5.74) is -4.98. The number of aliphatic imine (C=N–C) groups is 1. The summed E-state index contributed by atoms with van der Waals surface area (Å²) in [5.74, 6) is 0.310. The van der Waals surface area contributed by atoms with Gasteiger partial charge in [-0.25, -0.2) is 0 Å². The second kappa shape index (κ2) is 12.7. The van der Waals surface area contributed by atoms with Gasteiger partial charge in [-0.1, -0.05) is 54.8 Å². The molecule has 11 heteroatoms. The highest BCUT2D eigenvalue weighted by Gasteiger charge is 2.71. The minimum Gasteiger partial charge on any atom is -0.493 e. The molecular weight excluding hydrogens is 602 g/mol. The molecule has 0 bridgehead atoms. The summed E-state index contributed by atoms with van der Waals surface area (Å²) < 4.78 is 88.5. The molecule has 1 unspecified atom stereocenters. The lowest BCUT2D eigenvalue weighted by atomic mass is 9.87. The number of aryl methyl sites for hydroxylation is 2. The van der Waals surface area contributed by atoms with Crippen LogP contribution in [-0.2, 0) is 24.0 Å². The Balaban J connectivity index is 1.70. The third-order valence-electron chi connectivity index (χ3n) is 7.09. The predicted octanol–water partition coefficient (Wildman–Crippen LogP) is 8.08. The molecule has 3 rings (SSSR count). The van der Waals surface area contributed by atoms with E-state index in [1.165, 1.54) is 0 Å². The summed E-state index contributed by atoms with van der Waals surface area (Å²) in [5, 5.41) is 10.00. The summed E-state index contributed by atoms with van der Waals surface area (Å²) in [6.07, 6.45) is -7.26. The second-order valence-corrected chi connectivity index (χ2v) is 11.3. The van der Waals surface area contributed by atoms with Gasteiger partial charge in [-0.3, -0.25) is 4.99 Å². The van der Waals surface area contributed by atoms with Crippen molar-refractivity contribution in [1.29, 1.82) is 0 Å². The zero-order valence-corrected chi connectivity index (χ0v) is 24.4. The first kappa shape index (κ1) is 32.2. The molecule has 0 fully saturated rings. The van der Waals surface area contributed by atoms with Crippen molar-refractivity contribution in [3.63, 3.8) is 0 Å². The van der Waals surface area contributed by atoms with Crippen LogP contribution in [-0.4, -0.2) is 48.4 Å². The highest BCUT2D eigenvalue weighted by molar-refractivity contribution is 9.10. The van der Waals surface area contributed by atoms with Crippen LogP contribution in [0.1, 0.15) is 68.7 Å². The number of hydrogen-bond acceptors (Lipinski definition) is 4. The summed E-state index contributed by atoms with van der Waals surface area (Å²) in [7, 11) is 0. The molecule has 1 aliphatic heterocycles. The number of ether oxygens (including phenoxy) is 1. The van der Waals surface area contributed by atoms with E-state index in [4.69, 9.17) is 9.73 Å². The van der Waals surface area contributed by atoms with Crippen LogP contribution in [0, 0.1) is 0 Å². The second-order valence-electron chi connectivity index (χ2n) is 10.4. The number of unbranched alkanes of at least 4 members (excludes halogenated alkanes) is 1. The standard InChI is InChI=1S/C29H35BrF6N2O2/c1-4-8-20-16-23(27(39,28(31,32)33)29(34,35)36)17-21(9-5-2)25(20)40-15-7-6-14-38-18-26(3,37-19-38)22-10-12-24(30)13-11-22/h10-13,16-17,19,39H,4-9,14-15,18H2,1-3H3. The molecule has 1 heterocycles. The van der Waals surface area contributed by atoms with Gasteiger partial charge < -0.3 is 14.7 Å². The van der Waals surface area contributed by atoms with Crippen molar-refractivity contribution < 1.29 is 36.2 Å². The first-order valence-corrected chi connectivity index (χ1v) is 14.2. The summed E-state index contributed by atoms with van der Waals surface area (Å²) in [6, 6.07) is 9.63. The van der Waals surface area contributed by atoms with Crippen molar-refractivity contribution in [2.75, 3.05) is 19.7 Å². The van der Waals surface area contributed by atoms with Crippen molar-refractivity contribution in [3.05, 3.63) is 63.1 Å². The molecule has 222 valence electrons. The van der Waals surface area contributed by atoms with Crippen LogP contribution in [0.3, 0.4) is 0 Å². The third-order valence-corrected chi connectivity index (χ3v) is 7.62. The van der Waals surface area contributed by atoms with Gasteiger partial charge in [0, 0.05) is 23.1 Å². The maximum absolute atomic E-state index is 13.6. The zero-order valence-electron chi connectivity index (χ0n) is 22.8. The topological polar surface area (TPSA) is 45.1 Å². The van der Waals surface area contributed by atoms with Crippen LogP contribution < -0.4 is 4.74 Å². The van der Waals surface area contributed by atoms with Crippen LogP contribution >= 0.6 is 15.9 Å². The molecular formula is C29H35BrF6N2O2. The van der Waals surface area contributed by atoms with Crippen molar-refractivity contribution in [2.45, 2.75) is 82.8 Å². The van der Waals surface area contributed by atoms with Gasteiger partial charge in [-0.15, -0.1) is 0 Å². The quantitative estimate of drug-likeness (QED) is 0.189. The number of hydrogen-bond donors (Lipinski definition) is 1. The average molecular weight is 638 g/mol. The van der Waals surface area contributed by atoms with Crippen LogP contribution in [0.2, 0.25) is 0 Å². The number of alkyl halides is 6. The molecule has 0 aliphatic carbocycles. The van der Waals surface area contributed by atoms with Gasteiger partial charge in [-0.2, -0.15) is 26.3 Å². The number of rotatable bonds is 12. The average Bonchev–Trinajstić information content (AvgIpc) is 3.25. The first-order valence-electron chi connectivity index (χ1n) is 13.4. The maximum atomic E-state index is 13.6. The molecule has 4 nitrogen and oxygen atoms in total. The number of aliphatic hydroxyl groups is 1. The Kier molecular flexibility index (Phi) is 10.2. The van der Waals surface area contributed by atoms with Gasteiger partial charge in [0.05, 0.1) is 12.9 Å². The molecule has 0 spiro atoms. The molecule has 40 heavy (non-hydrogen) atoms. The SMILES string of the molecule is CCCc1cc(C(O)(C(F)(F)F)C(F)(F)F)cc(CCC)c1OCCCCN1C=NC(C)(c2ccc(Br)cc2)C1. The fourth-order valence-electron chi connectivity index (χ4n) is 4.94. The number of benzene rings is 2. The van der Waals surface area contributed by atoms with Crippen molar-refractivity contribution in [3.8, 4) is 5.75 Å². The molecule has 0 amide bonds. The van der Waals surface area contributed by atoms with E-state index >= 15 is 0 Å². The fourth-order valence-corrected chi connectivity index (χ4v) is 5.20.